The molecule has 0 aliphatic heterocycles. The van der Waals surface area contributed by atoms with Gasteiger partial charge >= 0.3 is 0 Å². The van der Waals surface area contributed by atoms with Gasteiger partial charge in [0, 0.05) is 22.3 Å². The number of hydrogen-bond donors (Lipinski definition) is 1. The Balaban J connectivity index is 1.58. The summed E-state index contributed by atoms with van der Waals surface area (Å²) in [7, 11) is -3.30. The van der Waals surface area contributed by atoms with E-state index >= 15 is 0 Å². The van der Waals surface area contributed by atoms with Crippen molar-refractivity contribution >= 4 is 33.0 Å². The molecule has 4 aromatic rings. The number of benzene rings is 4. The number of carbonyl (C=O) groups is 1. The van der Waals surface area contributed by atoms with E-state index in [1.165, 1.54) is 12.1 Å². The molecule has 0 fully saturated rings. The first-order valence-electron chi connectivity index (χ1n) is 11.5. The Bertz CT molecular complexity index is 1590. The van der Waals surface area contributed by atoms with Crippen LogP contribution in [0.15, 0.2) is 95.9 Å². The Kier molecular flexibility index (Phi) is 7.92. The van der Waals surface area contributed by atoms with Crippen LogP contribution >= 0.6 is 11.6 Å². The van der Waals surface area contributed by atoms with Gasteiger partial charge in [-0.15, -0.1) is 0 Å². The Morgan fingerprint density at radius 2 is 1.73 bits per heavy atom. The van der Waals surface area contributed by atoms with E-state index < -0.39 is 9.84 Å². The molecule has 4 aromatic carbocycles. The third kappa shape index (κ3) is 6.56. The molecule has 6 nitrogen and oxygen atoms in total. The average Bonchev–Trinajstić information content (AvgIpc) is 2.89. The number of anilines is 1. The van der Waals surface area contributed by atoms with Gasteiger partial charge in [-0.3, -0.25) is 4.79 Å². The van der Waals surface area contributed by atoms with Crippen molar-refractivity contribution in [3.63, 3.8) is 0 Å². The van der Waals surface area contributed by atoms with Gasteiger partial charge < -0.3 is 10.1 Å². The summed E-state index contributed by atoms with van der Waals surface area (Å²) in [6.07, 6.45) is 0.0723. The fraction of sp³-hybridized carbons (Fsp3) is 0.103. The minimum Gasteiger partial charge on any atom is -0.457 e. The van der Waals surface area contributed by atoms with Gasteiger partial charge in [0.25, 0.3) is 0 Å². The third-order valence-electron chi connectivity index (χ3n) is 5.62. The maximum atomic E-state index is 12.7. The molecule has 0 saturated carbocycles. The van der Waals surface area contributed by atoms with Crippen molar-refractivity contribution in [1.82, 2.24) is 0 Å². The number of hydrogen-bond acceptors (Lipinski definition) is 5. The number of nitriles is 1. The Morgan fingerprint density at radius 3 is 2.43 bits per heavy atom. The van der Waals surface area contributed by atoms with Crippen LogP contribution in [0.2, 0.25) is 5.02 Å². The zero-order valence-electron chi connectivity index (χ0n) is 19.9. The number of rotatable bonds is 8. The van der Waals surface area contributed by atoms with Crippen LogP contribution in [-0.4, -0.2) is 20.1 Å². The topological polar surface area (TPSA) is 96.3 Å². The molecule has 0 spiro atoms. The predicted molar refractivity (Wildman–Crippen MR) is 145 cm³/mol. The standard InChI is InChI=1S/C29H23ClN2O4S/c1-2-37(34,35)26-12-9-20(10-13-26)16-29(33)32-24-11-14-27(22-6-4-7-23(30)17-22)28(18-24)36-25-8-3-5-21(15-25)19-31/h3-15,17-18H,2,16H2,1H3,(H,32,33). The van der Waals surface area contributed by atoms with E-state index in [2.05, 4.69) is 11.4 Å². The second kappa shape index (κ2) is 11.3. The van der Waals surface area contributed by atoms with Crippen molar-refractivity contribution in [2.75, 3.05) is 11.1 Å². The first-order valence-corrected chi connectivity index (χ1v) is 13.5. The van der Waals surface area contributed by atoms with Gasteiger partial charge in [0.05, 0.1) is 28.7 Å². The average molecular weight is 531 g/mol. The minimum absolute atomic E-state index is 0.0171. The van der Waals surface area contributed by atoms with Crippen LogP contribution in [0.1, 0.15) is 18.1 Å². The first-order chi connectivity index (χ1) is 17.8. The highest BCUT2D eigenvalue weighted by molar-refractivity contribution is 7.91. The van der Waals surface area contributed by atoms with Crippen LogP contribution in [0.5, 0.6) is 11.5 Å². The maximum absolute atomic E-state index is 12.7. The van der Waals surface area contributed by atoms with Crippen LogP contribution in [0.4, 0.5) is 5.69 Å². The van der Waals surface area contributed by atoms with Gasteiger partial charge in [0.1, 0.15) is 11.5 Å². The number of halogens is 1. The van der Waals surface area contributed by atoms with Gasteiger partial charge in [-0.05, 0) is 65.7 Å². The van der Waals surface area contributed by atoms with Crippen molar-refractivity contribution in [1.29, 1.82) is 5.26 Å². The highest BCUT2D eigenvalue weighted by atomic mass is 35.5. The van der Waals surface area contributed by atoms with Crippen LogP contribution in [-0.2, 0) is 21.1 Å². The number of nitrogens with one attached hydrogen (secondary N) is 1. The molecular weight excluding hydrogens is 508 g/mol. The second-order valence-electron chi connectivity index (χ2n) is 8.24. The van der Waals surface area contributed by atoms with E-state index in [4.69, 9.17) is 16.3 Å². The molecule has 0 bridgehead atoms. The summed E-state index contributed by atoms with van der Waals surface area (Å²) in [5.74, 6) is 0.708. The first kappa shape index (κ1) is 26.0. The highest BCUT2D eigenvalue weighted by Crippen LogP contribution is 2.36. The molecule has 0 aliphatic carbocycles. The van der Waals surface area contributed by atoms with Crippen molar-refractivity contribution in [2.45, 2.75) is 18.2 Å². The van der Waals surface area contributed by atoms with Crippen LogP contribution in [0.3, 0.4) is 0 Å². The van der Waals surface area contributed by atoms with Crippen molar-refractivity contribution in [3.05, 3.63) is 107 Å². The third-order valence-corrected chi connectivity index (χ3v) is 7.60. The Labute approximate surface area is 221 Å². The van der Waals surface area contributed by atoms with Crippen LogP contribution in [0, 0.1) is 11.3 Å². The summed E-state index contributed by atoms with van der Waals surface area (Å²) < 4.78 is 30.2. The molecule has 0 aromatic heterocycles. The quantitative estimate of drug-likeness (QED) is 0.275. The SMILES string of the molecule is CCS(=O)(=O)c1ccc(CC(=O)Nc2ccc(-c3cccc(Cl)c3)c(Oc3cccc(C#N)c3)c2)cc1. The van der Waals surface area contributed by atoms with E-state index in [9.17, 15) is 18.5 Å². The number of nitrogens with zero attached hydrogens (tertiary/aromatic N) is 1. The van der Waals surface area contributed by atoms with E-state index in [-0.39, 0.29) is 23.0 Å². The summed E-state index contributed by atoms with van der Waals surface area (Å²) in [6.45, 7) is 1.59. The fourth-order valence-electron chi connectivity index (χ4n) is 3.71. The smallest absolute Gasteiger partial charge is 0.228 e. The number of amides is 1. The zero-order valence-corrected chi connectivity index (χ0v) is 21.5. The molecule has 0 heterocycles. The largest absolute Gasteiger partial charge is 0.457 e. The minimum atomic E-state index is -3.30. The Morgan fingerprint density at radius 1 is 0.973 bits per heavy atom. The molecule has 0 atom stereocenters. The molecule has 186 valence electrons. The second-order valence-corrected chi connectivity index (χ2v) is 10.9. The van der Waals surface area contributed by atoms with E-state index in [0.29, 0.717) is 33.3 Å². The van der Waals surface area contributed by atoms with Crippen molar-refractivity contribution in [2.24, 2.45) is 0 Å². The molecule has 0 saturated heterocycles. The van der Waals surface area contributed by atoms with Gasteiger partial charge in [-0.2, -0.15) is 5.26 Å². The number of carbonyl (C=O) groups excluding carboxylic acids is 1. The maximum Gasteiger partial charge on any atom is 0.228 e. The summed E-state index contributed by atoms with van der Waals surface area (Å²) in [6, 6.07) is 27.8. The molecule has 8 heteroatoms. The monoisotopic (exact) mass is 530 g/mol. The lowest BCUT2D eigenvalue weighted by Crippen LogP contribution is -2.14. The lowest BCUT2D eigenvalue weighted by atomic mass is 10.0. The van der Waals surface area contributed by atoms with E-state index in [1.54, 1.807) is 61.5 Å². The van der Waals surface area contributed by atoms with Crippen molar-refractivity contribution in [3.8, 4) is 28.7 Å². The lowest BCUT2D eigenvalue weighted by molar-refractivity contribution is -0.115. The lowest BCUT2D eigenvalue weighted by Gasteiger charge is -2.15. The van der Waals surface area contributed by atoms with Gasteiger partial charge in [0.15, 0.2) is 9.84 Å². The number of ether oxygens (including phenoxy) is 1. The predicted octanol–water partition coefficient (Wildman–Crippen LogP) is 6.65. The normalized spacial score (nSPS) is 10.9. The summed E-state index contributed by atoms with van der Waals surface area (Å²) in [5, 5.41) is 12.7. The fourth-order valence-corrected chi connectivity index (χ4v) is 4.78. The molecule has 0 radical (unpaired) electrons. The summed E-state index contributed by atoms with van der Waals surface area (Å²) in [4.78, 5) is 13.0. The van der Waals surface area contributed by atoms with Gasteiger partial charge in [-0.1, -0.05) is 48.9 Å². The Hall–Kier alpha value is -4.12. The van der Waals surface area contributed by atoms with Crippen molar-refractivity contribution < 1.29 is 17.9 Å². The van der Waals surface area contributed by atoms with Crippen LogP contribution in [0.25, 0.3) is 11.1 Å². The number of sulfone groups is 1. The molecule has 37 heavy (non-hydrogen) atoms. The van der Waals surface area contributed by atoms with Gasteiger partial charge in [0.2, 0.25) is 5.91 Å². The molecule has 4 rings (SSSR count). The molecule has 0 aliphatic rings. The van der Waals surface area contributed by atoms with Crippen LogP contribution < -0.4 is 10.1 Å². The highest BCUT2D eigenvalue weighted by Gasteiger charge is 2.14. The van der Waals surface area contributed by atoms with E-state index in [1.807, 2.05) is 24.3 Å². The summed E-state index contributed by atoms with van der Waals surface area (Å²) >= 11 is 6.20. The van der Waals surface area contributed by atoms with E-state index in [0.717, 1.165) is 11.1 Å². The summed E-state index contributed by atoms with van der Waals surface area (Å²) in [5.41, 5.74) is 3.26. The molecule has 1 N–H and O–H groups in total. The molecular formula is C29H23ClN2O4S. The molecule has 1 amide bonds. The van der Waals surface area contributed by atoms with Gasteiger partial charge in [-0.25, -0.2) is 8.42 Å². The molecule has 0 unspecified atom stereocenters. The zero-order chi connectivity index (χ0) is 26.4.